The highest BCUT2D eigenvalue weighted by Gasteiger charge is 2.35. The Kier molecular flexibility index (Phi) is 2.89. The van der Waals surface area contributed by atoms with E-state index >= 15 is 0 Å². The van der Waals surface area contributed by atoms with Crippen LogP contribution in [-0.4, -0.2) is 35.2 Å². The first-order chi connectivity index (χ1) is 6.31. The molecule has 0 aliphatic heterocycles. The average Bonchev–Trinajstić information content (AvgIpc) is 2.96. The van der Waals surface area contributed by atoms with Gasteiger partial charge in [-0.25, -0.2) is 0 Å². The molecule has 0 saturated heterocycles. The molecule has 0 aromatic heterocycles. The molecular weight excluding hydrogens is 162 g/mol. The second-order valence-corrected chi connectivity index (χ2v) is 4.63. The Hall–Kier alpha value is -0.0800. The highest BCUT2D eigenvalue weighted by Crippen LogP contribution is 2.34. The Labute approximate surface area is 80.9 Å². The van der Waals surface area contributed by atoms with E-state index in [-0.39, 0.29) is 6.10 Å². The van der Waals surface area contributed by atoms with E-state index in [0.29, 0.717) is 5.92 Å². The van der Waals surface area contributed by atoms with Crippen molar-refractivity contribution in [3.63, 3.8) is 0 Å². The summed E-state index contributed by atoms with van der Waals surface area (Å²) in [4.78, 5) is 2.49. The number of hydrogen-bond donors (Lipinski definition) is 1. The fourth-order valence-corrected chi connectivity index (χ4v) is 2.02. The summed E-state index contributed by atoms with van der Waals surface area (Å²) in [6.45, 7) is 4.33. The number of hydrogen-bond acceptors (Lipinski definition) is 2. The monoisotopic (exact) mass is 183 g/mol. The minimum absolute atomic E-state index is 0.0350. The smallest absolute Gasteiger partial charge is 0.0695 e. The second-order valence-electron chi connectivity index (χ2n) is 4.63. The summed E-state index contributed by atoms with van der Waals surface area (Å²) in [6.07, 6.45) is 6.41. The standard InChI is InChI=1S/C11H21NO/c1-2-7-12(10-5-6-10)8-11(13)9-3-4-9/h9-11,13H,2-8H2,1H3. The van der Waals surface area contributed by atoms with Crippen molar-refractivity contribution in [2.75, 3.05) is 13.1 Å². The molecular formula is C11H21NO. The predicted molar refractivity (Wildman–Crippen MR) is 53.6 cm³/mol. The maximum atomic E-state index is 9.82. The van der Waals surface area contributed by atoms with Gasteiger partial charge in [-0.3, -0.25) is 4.90 Å². The lowest BCUT2D eigenvalue weighted by molar-refractivity contribution is 0.0912. The number of aliphatic hydroxyl groups is 1. The molecule has 2 heteroatoms. The molecule has 0 radical (unpaired) electrons. The molecule has 2 aliphatic carbocycles. The van der Waals surface area contributed by atoms with E-state index < -0.39 is 0 Å². The van der Waals surface area contributed by atoms with Crippen molar-refractivity contribution in [2.45, 2.75) is 51.2 Å². The summed E-state index contributed by atoms with van der Waals surface area (Å²) in [7, 11) is 0. The lowest BCUT2D eigenvalue weighted by Crippen LogP contribution is -2.35. The van der Waals surface area contributed by atoms with E-state index in [0.717, 1.165) is 12.6 Å². The SMILES string of the molecule is CCCN(CC(O)C1CC1)C1CC1. The molecule has 1 N–H and O–H groups in total. The highest BCUT2D eigenvalue weighted by atomic mass is 16.3. The van der Waals surface area contributed by atoms with Gasteiger partial charge in [0.1, 0.15) is 0 Å². The fourth-order valence-electron chi connectivity index (χ4n) is 2.02. The number of aliphatic hydroxyl groups excluding tert-OH is 1. The third-order valence-corrected chi connectivity index (χ3v) is 3.16. The molecule has 2 saturated carbocycles. The average molecular weight is 183 g/mol. The lowest BCUT2D eigenvalue weighted by Gasteiger charge is -2.24. The first-order valence-electron chi connectivity index (χ1n) is 5.73. The van der Waals surface area contributed by atoms with Crippen LogP contribution in [0.15, 0.2) is 0 Å². The van der Waals surface area contributed by atoms with Crippen LogP contribution in [0.25, 0.3) is 0 Å². The molecule has 0 spiro atoms. The zero-order chi connectivity index (χ0) is 9.26. The van der Waals surface area contributed by atoms with E-state index in [9.17, 15) is 5.11 Å². The zero-order valence-corrected chi connectivity index (χ0v) is 8.58. The van der Waals surface area contributed by atoms with Gasteiger partial charge >= 0.3 is 0 Å². The van der Waals surface area contributed by atoms with Gasteiger partial charge in [0.2, 0.25) is 0 Å². The van der Waals surface area contributed by atoms with Crippen LogP contribution in [0, 0.1) is 5.92 Å². The number of nitrogens with zero attached hydrogens (tertiary/aromatic N) is 1. The second kappa shape index (κ2) is 3.97. The zero-order valence-electron chi connectivity index (χ0n) is 8.58. The van der Waals surface area contributed by atoms with Crippen LogP contribution in [0.2, 0.25) is 0 Å². The maximum Gasteiger partial charge on any atom is 0.0695 e. The molecule has 2 fully saturated rings. The molecule has 2 aliphatic rings. The van der Waals surface area contributed by atoms with Gasteiger partial charge in [-0.05, 0) is 44.6 Å². The molecule has 0 aromatic carbocycles. The van der Waals surface area contributed by atoms with Gasteiger partial charge in [-0.2, -0.15) is 0 Å². The van der Waals surface area contributed by atoms with E-state index in [1.165, 1.54) is 38.6 Å². The van der Waals surface area contributed by atoms with Crippen molar-refractivity contribution >= 4 is 0 Å². The third kappa shape index (κ3) is 2.68. The summed E-state index contributed by atoms with van der Waals surface area (Å²) in [5, 5.41) is 9.82. The molecule has 0 aromatic rings. The lowest BCUT2D eigenvalue weighted by atomic mass is 10.2. The van der Waals surface area contributed by atoms with Crippen LogP contribution < -0.4 is 0 Å². The topological polar surface area (TPSA) is 23.5 Å². The van der Waals surface area contributed by atoms with E-state index in [2.05, 4.69) is 11.8 Å². The van der Waals surface area contributed by atoms with Crippen LogP contribution in [-0.2, 0) is 0 Å². The predicted octanol–water partition coefficient (Wildman–Crippen LogP) is 1.63. The first-order valence-corrected chi connectivity index (χ1v) is 5.73. The number of rotatable bonds is 6. The molecule has 2 rings (SSSR count). The van der Waals surface area contributed by atoms with Crippen molar-refractivity contribution in [1.29, 1.82) is 0 Å². The van der Waals surface area contributed by atoms with Crippen LogP contribution in [0.1, 0.15) is 39.0 Å². The molecule has 0 bridgehead atoms. The van der Waals surface area contributed by atoms with Crippen LogP contribution in [0.3, 0.4) is 0 Å². The van der Waals surface area contributed by atoms with Gasteiger partial charge in [-0.15, -0.1) is 0 Å². The first kappa shape index (κ1) is 9.47. The molecule has 13 heavy (non-hydrogen) atoms. The van der Waals surface area contributed by atoms with Crippen molar-refractivity contribution in [2.24, 2.45) is 5.92 Å². The minimum atomic E-state index is -0.0350. The van der Waals surface area contributed by atoms with Gasteiger partial charge < -0.3 is 5.11 Å². The van der Waals surface area contributed by atoms with Crippen molar-refractivity contribution in [1.82, 2.24) is 4.90 Å². The van der Waals surface area contributed by atoms with Gasteiger partial charge in [0, 0.05) is 12.6 Å². The highest BCUT2D eigenvalue weighted by molar-refractivity contribution is 4.89. The third-order valence-electron chi connectivity index (χ3n) is 3.16. The van der Waals surface area contributed by atoms with Crippen LogP contribution >= 0.6 is 0 Å². The Balaban J connectivity index is 1.73. The van der Waals surface area contributed by atoms with Gasteiger partial charge in [0.05, 0.1) is 6.10 Å². The summed E-state index contributed by atoms with van der Waals surface area (Å²) < 4.78 is 0. The largest absolute Gasteiger partial charge is 0.392 e. The summed E-state index contributed by atoms with van der Waals surface area (Å²) in [5.41, 5.74) is 0. The van der Waals surface area contributed by atoms with Crippen molar-refractivity contribution < 1.29 is 5.11 Å². The molecule has 1 unspecified atom stereocenters. The Morgan fingerprint density at radius 1 is 1.31 bits per heavy atom. The summed E-state index contributed by atoms with van der Waals surface area (Å²) in [5.74, 6) is 0.637. The van der Waals surface area contributed by atoms with Gasteiger partial charge in [-0.1, -0.05) is 6.92 Å². The van der Waals surface area contributed by atoms with Crippen LogP contribution in [0.4, 0.5) is 0 Å². The van der Waals surface area contributed by atoms with Crippen LogP contribution in [0.5, 0.6) is 0 Å². The molecule has 76 valence electrons. The summed E-state index contributed by atoms with van der Waals surface area (Å²) in [6, 6.07) is 0.813. The van der Waals surface area contributed by atoms with E-state index in [1.807, 2.05) is 0 Å². The van der Waals surface area contributed by atoms with Crippen molar-refractivity contribution in [3.05, 3.63) is 0 Å². The van der Waals surface area contributed by atoms with E-state index in [1.54, 1.807) is 0 Å². The minimum Gasteiger partial charge on any atom is -0.392 e. The normalized spacial score (nSPS) is 25.2. The molecule has 0 heterocycles. The quantitative estimate of drug-likeness (QED) is 0.676. The Bertz CT molecular complexity index is 163. The Morgan fingerprint density at radius 3 is 2.46 bits per heavy atom. The maximum absolute atomic E-state index is 9.82. The van der Waals surface area contributed by atoms with Gasteiger partial charge in [0.25, 0.3) is 0 Å². The van der Waals surface area contributed by atoms with E-state index in [4.69, 9.17) is 0 Å². The molecule has 2 nitrogen and oxygen atoms in total. The summed E-state index contributed by atoms with van der Waals surface area (Å²) >= 11 is 0. The molecule has 0 amide bonds. The Morgan fingerprint density at radius 2 is 2.00 bits per heavy atom. The van der Waals surface area contributed by atoms with Crippen molar-refractivity contribution in [3.8, 4) is 0 Å². The van der Waals surface area contributed by atoms with Gasteiger partial charge in [0.15, 0.2) is 0 Å². The fraction of sp³-hybridized carbons (Fsp3) is 1.00. The molecule has 1 atom stereocenters.